The Morgan fingerprint density at radius 2 is 2.06 bits per heavy atom. The number of halogens is 2. The molecule has 0 fully saturated rings. The van der Waals surface area contributed by atoms with Crippen molar-refractivity contribution in [2.24, 2.45) is 5.92 Å². The summed E-state index contributed by atoms with van der Waals surface area (Å²) >= 11 is 3.45. The molecule has 1 N–H and O–H groups in total. The minimum Gasteiger partial charge on any atom is -0.314 e. The highest BCUT2D eigenvalue weighted by molar-refractivity contribution is 9.10. The maximum Gasteiger partial charge on any atom is 0.124 e. The molecule has 0 amide bonds. The summed E-state index contributed by atoms with van der Waals surface area (Å²) in [5, 5.41) is 3.49. The Balaban J connectivity index is 2.64. The Bertz CT molecular complexity index is 366. The van der Waals surface area contributed by atoms with Gasteiger partial charge in [0, 0.05) is 10.5 Å². The molecule has 0 radical (unpaired) electrons. The lowest BCUT2D eigenvalue weighted by atomic mass is 9.94. The van der Waals surface area contributed by atoms with Crippen molar-refractivity contribution in [3.05, 3.63) is 34.1 Å². The molecule has 0 aromatic heterocycles. The molecule has 1 unspecified atom stereocenters. The Morgan fingerprint density at radius 1 is 1.33 bits per heavy atom. The summed E-state index contributed by atoms with van der Waals surface area (Å²) in [5.74, 6) is 0.428. The lowest BCUT2D eigenvalue weighted by Crippen LogP contribution is -2.30. The van der Waals surface area contributed by atoms with Gasteiger partial charge in [0.1, 0.15) is 5.82 Å². The van der Waals surface area contributed by atoms with Gasteiger partial charge in [-0.1, -0.05) is 49.2 Å². The maximum atomic E-state index is 13.0. The molecule has 0 bridgehead atoms. The Hall–Kier alpha value is -0.410. The van der Waals surface area contributed by atoms with Gasteiger partial charge in [-0.05, 0) is 43.0 Å². The second kappa shape index (κ2) is 7.90. The van der Waals surface area contributed by atoms with Gasteiger partial charge in [-0.3, -0.25) is 0 Å². The van der Waals surface area contributed by atoms with Crippen molar-refractivity contribution < 1.29 is 4.39 Å². The van der Waals surface area contributed by atoms with E-state index in [0.717, 1.165) is 17.4 Å². The summed E-state index contributed by atoms with van der Waals surface area (Å²) in [6.07, 6.45) is 3.38. The van der Waals surface area contributed by atoms with Crippen LogP contribution in [0, 0.1) is 11.7 Å². The smallest absolute Gasteiger partial charge is 0.124 e. The van der Waals surface area contributed by atoms with Crippen LogP contribution in [-0.2, 0) is 6.42 Å². The minimum absolute atomic E-state index is 0.182. The minimum atomic E-state index is -0.182. The van der Waals surface area contributed by atoms with E-state index in [0.29, 0.717) is 12.0 Å². The largest absolute Gasteiger partial charge is 0.314 e. The molecule has 0 heterocycles. The first-order valence-corrected chi connectivity index (χ1v) is 7.49. The number of nitrogens with one attached hydrogen (secondary N) is 1. The van der Waals surface area contributed by atoms with Crippen LogP contribution in [0.2, 0.25) is 0 Å². The van der Waals surface area contributed by atoms with Crippen LogP contribution in [0.25, 0.3) is 0 Å². The number of hydrogen-bond acceptors (Lipinski definition) is 1. The topological polar surface area (TPSA) is 12.0 Å². The first kappa shape index (κ1) is 15.6. The van der Waals surface area contributed by atoms with E-state index in [1.54, 1.807) is 12.1 Å². The summed E-state index contributed by atoms with van der Waals surface area (Å²) in [4.78, 5) is 0. The molecule has 0 saturated carbocycles. The fraction of sp³-hybridized carbons (Fsp3) is 0.600. The lowest BCUT2D eigenvalue weighted by molar-refractivity contribution is 0.418. The highest BCUT2D eigenvalue weighted by Gasteiger charge is 2.11. The van der Waals surface area contributed by atoms with Gasteiger partial charge in [0.2, 0.25) is 0 Å². The molecule has 102 valence electrons. The predicted octanol–water partition coefficient (Wildman–Crippen LogP) is 4.55. The van der Waals surface area contributed by atoms with Gasteiger partial charge < -0.3 is 5.32 Å². The summed E-state index contributed by atoms with van der Waals surface area (Å²) in [7, 11) is 0. The molecular weight excluding hydrogens is 293 g/mol. The van der Waals surface area contributed by atoms with Gasteiger partial charge in [-0.15, -0.1) is 0 Å². The average Bonchev–Trinajstić information content (AvgIpc) is 2.29. The molecule has 3 heteroatoms. The van der Waals surface area contributed by atoms with Crippen LogP contribution in [0.4, 0.5) is 4.39 Å². The van der Waals surface area contributed by atoms with Crippen molar-refractivity contribution in [3.63, 3.8) is 0 Å². The highest BCUT2D eigenvalue weighted by Crippen LogP contribution is 2.22. The second-order valence-electron chi connectivity index (χ2n) is 5.16. The molecule has 0 spiro atoms. The van der Waals surface area contributed by atoms with Crippen LogP contribution < -0.4 is 5.32 Å². The molecule has 0 aliphatic heterocycles. The van der Waals surface area contributed by atoms with Gasteiger partial charge in [0.25, 0.3) is 0 Å². The van der Waals surface area contributed by atoms with E-state index in [4.69, 9.17) is 0 Å². The Morgan fingerprint density at radius 3 is 2.61 bits per heavy atom. The molecule has 18 heavy (non-hydrogen) atoms. The summed E-state index contributed by atoms with van der Waals surface area (Å²) < 4.78 is 13.9. The van der Waals surface area contributed by atoms with Gasteiger partial charge >= 0.3 is 0 Å². The maximum absolute atomic E-state index is 13.0. The quantitative estimate of drug-likeness (QED) is 0.778. The zero-order valence-electron chi connectivity index (χ0n) is 11.5. The molecule has 1 nitrogen and oxygen atoms in total. The SMILES string of the molecule is CCCC(CNC(C)C)Cc1ccc(F)cc1Br. The van der Waals surface area contributed by atoms with Crippen LogP contribution in [0.3, 0.4) is 0 Å². The molecule has 0 aliphatic rings. The number of benzene rings is 1. The molecule has 1 aromatic rings. The first-order chi connectivity index (χ1) is 8.52. The Labute approximate surface area is 118 Å². The molecular formula is C15H23BrFN. The summed E-state index contributed by atoms with van der Waals surface area (Å²) in [6, 6.07) is 5.49. The van der Waals surface area contributed by atoms with Gasteiger partial charge in [0.05, 0.1) is 0 Å². The van der Waals surface area contributed by atoms with Gasteiger partial charge in [-0.2, -0.15) is 0 Å². The first-order valence-electron chi connectivity index (χ1n) is 6.70. The van der Waals surface area contributed by atoms with Crippen molar-refractivity contribution in [1.82, 2.24) is 5.32 Å². The molecule has 0 saturated heterocycles. The fourth-order valence-corrected chi connectivity index (χ4v) is 2.60. The zero-order valence-corrected chi connectivity index (χ0v) is 13.1. The van der Waals surface area contributed by atoms with Crippen LogP contribution >= 0.6 is 15.9 Å². The zero-order chi connectivity index (χ0) is 13.5. The van der Waals surface area contributed by atoms with Crippen LogP contribution in [0.1, 0.15) is 39.2 Å². The fourth-order valence-electron chi connectivity index (χ4n) is 2.09. The van der Waals surface area contributed by atoms with E-state index in [-0.39, 0.29) is 5.82 Å². The van der Waals surface area contributed by atoms with E-state index >= 15 is 0 Å². The van der Waals surface area contributed by atoms with Crippen molar-refractivity contribution >= 4 is 15.9 Å². The van der Waals surface area contributed by atoms with E-state index in [2.05, 4.69) is 42.0 Å². The average molecular weight is 316 g/mol. The Kier molecular flexibility index (Phi) is 6.87. The molecule has 1 atom stereocenters. The van der Waals surface area contributed by atoms with Crippen molar-refractivity contribution in [2.75, 3.05) is 6.54 Å². The van der Waals surface area contributed by atoms with Crippen molar-refractivity contribution in [1.29, 1.82) is 0 Å². The standard InChI is InChI=1S/C15H23BrFN/c1-4-5-12(10-18-11(2)3)8-13-6-7-14(17)9-15(13)16/h6-7,9,11-12,18H,4-5,8,10H2,1-3H3. The monoisotopic (exact) mass is 315 g/mol. The number of rotatable bonds is 7. The van der Waals surface area contributed by atoms with E-state index in [1.165, 1.54) is 18.4 Å². The van der Waals surface area contributed by atoms with Crippen molar-refractivity contribution in [2.45, 2.75) is 46.1 Å². The van der Waals surface area contributed by atoms with E-state index in [1.807, 2.05) is 6.07 Å². The third-order valence-corrected chi connectivity index (χ3v) is 3.77. The van der Waals surface area contributed by atoms with Crippen molar-refractivity contribution in [3.8, 4) is 0 Å². The van der Waals surface area contributed by atoms with Crippen LogP contribution in [0.15, 0.2) is 22.7 Å². The van der Waals surface area contributed by atoms with E-state index in [9.17, 15) is 4.39 Å². The number of hydrogen-bond donors (Lipinski definition) is 1. The molecule has 1 aromatic carbocycles. The molecule has 0 aliphatic carbocycles. The second-order valence-corrected chi connectivity index (χ2v) is 6.01. The van der Waals surface area contributed by atoms with Gasteiger partial charge in [-0.25, -0.2) is 4.39 Å². The third kappa shape index (κ3) is 5.49. The van der Waals surface area contributed by atoms with Gasteiger partial charge in [0.15, 0.2) is 0 Å². The van der Waals surface area contributed by atoms with E-state index < -0.39 is 0 Å². The normalized spacial score (nSPS) is 13.0. The molecule has 1 rings (SSSR count). The lowest BCUT2D eigenvalue weighted by Gasteiger charge is -2.19. The predicted molar refractivity (Wildman–Crippen MR) is 79.3 cm³/mol. The van der Waals surface area contributed by atoms with Crippen LogP contribution in [-0.4, -0.2) is 12.6 Å². The summed E-state index contributed by atoms with van der Waals surface area (Å²) in [6.45, 7) is 7.56. The third-order valence-electron chi connectivity index (χ3n) is 3.04. The van der Waals surface area contributed by atoms with Crippen LogP contribution in [0.5, 0.6) is 0 Å². The summed E-state index contributed by atoms with van der Waals surface area (Å²) in [5.41, 5.74) is 1.19. The highest BCUT2D eigenvalue weighted by atomic mass is 79.9.